The topological polar surface area (TPSA) is 72.5 Å². The molecular formula is C19H22O7. The molecule has 2 aromatic rings. The van der Waals surface area contributed by atoms with Crippen LogP contribution < -0.4 is 28.4 Å². The Hall–Kier alpha value is -3.09. The van der Waals surface area contributed by atoms with Gasteiger partial charge in [-0.15, -0.1) is 0 Å². The van der Waals surface area contributed by atoms with Gasteiger partial charge in [0.15, 0.2) is 11.5 Å². The summed E-state index contributed by atoms with van der Waals surface area (Å²) in [5.74, 6) is 1.14. The lowest BCUT2D eigenvalue weighted by Crippen LogP contribution is -2.11. The van der Waals surface area contributed by atoms with E-state index in [4.69, 9.17) is 28.4 Å². The number of hydrogen-bond acceptors (Lipinski definition) is 7. The van der Waals surface area contributed by atoms with Crippen molar-refractivity contribution >= 4 is 5.78 Å². The smallest absolute Gasteiger partial charge is 0.211 e. The van der Waals surface area contributed by atoms with Gasteiger partial charge in [0.2, 0.25) is 23.0 Å². The Labute approximate surface area is 152 Å². The summed E-state index contributed by atoms with van der Waals surface area (Å²) in [4.78, 5) is 13.3. The van der Waals surface area contributed by atoms with Crippen LogP contribution in [0.15, 0.2) is 24.3 Å². The molecule has 0 heterocycles. The summed E-state index contributed by atoms with van der Waals surface area (Å²) in [5, 5.41) is 0. The first-order valence-electron chi connectivity index (χ1n) is 7.71. The van der Waals surface area contributed by atoms with Gasteiger partial charge in [0.25, 0.3) is 0 Å². The highest BCUT2D eigenvalue weighted by atomic mass is 16.6. The van der Waals surface area contributed by atoms with Crippen LogP contribution >= 0.6 is 0 Å². The first-order chi connectivity index (χ1) is 12.6. The number of benzene rings is 2. The van der Waals surface area contributed by atoms with E-state index in [1.807, 2.05) is 0 Å². The van der Waals surface area contributed by atoms with Crippen LogP contribution in [0.2, 0.25) is 0 Å². The number of ether oxygens (including phenoxy) is 6. The number of hydrogen-bond donors (Lipinski definition) is 0. The van der Waals surface area contributed by atoms with E-state index in [-0.39, 0.29) is 40.1 Å². The highest BCUT2D eigenvalue weighted by Gasteiger charge is 2.33. The molecular weight excluding hydrogens is 340 g/mol. The normalized spacial score (nSPS) is 10.1. The summed E-state index contributed by atoms with van der Waals surface area (Å²) in [5.41, 5.74) is 0.495. The molecule has 0 bridgehead atoms. The molecule has 7 heteroatoms. The van der Waals surface area contributed by atoms with Crippen LogP contribution in [0.3, 0.4) is 0 Å². The maximum Gasteiger partial charge on any atom is 0.211 e. The van der Waals surface area contributed by atoms with Gasteiger partial charge in [0.05, 0.1) is 48.2 Å². The van der Waals surface area contributed by atoms with Crippen molar-refractivity contribution in [2.24, 2.45) is 0 Å². The lowest BCUT2D eigenvalue weighted by atomic mass is 9.99. The number of rotatable bonds is 8. The lowest BCUT2D eigenvalue weighted by molar-refractivity contribution is 0.102. The zero-order valence-corrected chi connectivity index (χ0v) is 15.7. The molecule has 0 unspecified atom stereocenters. The van der Waals surface area contributed by atoms with E-state index in [2.05, 4.69) is 0 Å². The van der Waals surface area contributed by atoms with Crippen LogP contribution in [0.25, 0.3) is 0 Å². The number of ketones is 1. The molecule has 0 aliphatic carbocycles. The summed E-state index contributed by atoms with van der Waals surface area (Å²) >= 11 is 0. The van der Waals surface area contributed by atoms with Gasteiger partial charge in [-0.25, -0.2) is 0 Å². The Kier molecular flexibility index (Phi) is 6.16. The van der Waals surface area contributed by atoms with Crippen molar-refractivity contribution in [1.82, 2.24) is 0 Å². The van der Waals surface area contributed by atoms with Crippen LogP contribution in [-0.4, -0.2) is 48.4 Å². The van der Waals surface area contributed by atoms with Gasteiger partial charge in [-0.1, -0.05) is 12.1 Å². The molecule has 26 heavy (non-hydrogen) atoms. The monoisotopic (exact) mass is 362 g/mol. The van der Waals surface area contributed by atoms with Crippen molar-refractivity contribution in [2.45, 2.75) is 0 Å². The molecule has 2 aromatic carbocycles. The van der Waals surface area contributed by atoms with Crippen LogP contribution in [-0.2, 0) is 0 Å². The fraction of sp³-hybridized carbons (Fsp3) is 0.316. The van der Waals surface area contributed by atoms with E-state index >= 15 is 0 Å². The predicted molar refractivity (Wildman–Crippen MR) is 95.6 cm³/mol. The standard InChI is InChI=1S/C19H22O7/c1-21-12-10-8-7-9-11(12)14(20)13-15(22-2)17(24-4)19(26-6)18(25-5)16(13)23-3/h7-10H,1-6H3. The van der Waals surface area contributed by atoms with E-state index in [0.29, 0.717) is 11.3 Å². The number of methoxy groups -OCH3 is 6. The maximum absolute atomic E-state index is 13.3. The molecule has 0 atom stereocenters. The van der Waals surface area contributed by atoms with Crippen molar-refractivity contribution in [3.05, 3.63) is 35.4 Å². The third-order valence-corrected chi connectivity index (χ3v) is 3.88. The molecule has 0 aliphatic heterocycles. The van der Waals surface area contributed by atoms with Crippen LogP contribution in [0, 0.1) is 0 Å². The quantitative estimate of drug-likeness (QED) is 0.669. The molecule has 2 rings (SSSR count). The summed E-state index contributed by atoms with van der Waals surface area (Å²) in [6.45, 7) is 0. The zero-order valence-electron chi connectivity index (χ0n) is 15.7. The molecule has 0 saturated heterocycles. The average Bonchev–Trinajstić information content (AvgIpc) is 2.70. The SMILES string of the molecule is COc1ccccc1C(=O)c1c(OC)c(OC)c(OC)c(OC)c1OC. The average molecular weight is 362 g/mol. The molecule has 0 saturated carbocycles. The number of carbonyl (C=O) groups is 1. The number of carbonyl (C=O) groups excluding carboxylic acids is 1. The molecule has 0 radical (unpaired) electrons. The molecule has 0 N–H and O–H groups in total. The summed E-state index contributed by atoms with van der Waals surface area (Å²) in [7, 11) is 8.72. The minimum absolute atomic E-state index is 0.147. The second-order valence-corrected chi connectivity index (χ2v) is 5.07. The zero-order chi connectivity index (χ0) is 19.3. The molecule has 0 aliphatic rings. The first-order valence-corrected chi connectivity index (χ1v) is 7.71. The Morgan fingerprint density at radius 3 is 1.46 bits per heavy atom. The minimum Gasteiger partial charge on any atom is -0.496 e. The summed E-state index contributed by atoms with van der Waals surface area (Å²) in [6.07, 6.45) is 0. The van der Waals surface area contributed by atoms with Gasteiger partial charge < -0.3 is 28.4 Å². The largest absolute Gasteiger partial charge is 0.496 e. The molecule has 0 aromatic heterocycles. The molecule has 140 valence electrons. The van der Waals surface area contributed by atoms with Crippen molar-refractivity contribution in [3.8, 4) is 34.5 Å². The fourth-order valence-electron chi connectivity index (χ4n) is 2.76. The van der Waals surface area contributed by atoms with Crippen LogP contribution in [0.4, 0.5) is 0 Å². The molecule has 0 fully saturated rings. The van der Waals surface area contributed by atoms with E-state index in [1.54, 1.807) is 24.3 Å². The Balaban J connectivity index is 2.88. The van der Waals surface area contributed by atoms with E-state index in [0.717, 1.165) is 0 Å². The van der Waals surface area contributed by atoms with E-state index in [9.17, 15) is 4.79 Å². The van der Waals surface area contributed by atoms with Crippen molar-refractivity contribution in [3.63, 3.8) is 0 Å². The lowest BCUT2D eigenvalue weighted by Gasteiger charge is -2.21. The Morgan fingerprint density at radius 1 is 0.615 bits per heavy atom. The van der Waals surface area contributed by atoms with Gasteiger partial charge in [-0.3, -0.25) is 4.79 Å². The predicted octanol–water partition coefficient (Wildman–Crippen LogP) is 2.97. The molecule has 0 amide bonds. The van der Waals surface area contributed by atoms with Crippen molar-refractivity contribution < 1.29 is 33.2 Å². The molecule has 7 nitrogen and oxygen atoms in total. The second kappa shape index (κ2) is 8.33. The van der Waals surface area contributed by atoms with Crippen molar-refractivity contribution in [1.29, 1.82) is 0 Å². The van der Waals surface area contributed by atoms with Crippen LogP contribution in [0.5, 0.6) is 34.5 Å². The van der Waals surface area contributed by atoms with E-state index in [1.165, 1.54) is 42.7 Å². The minimum atomic E-state index is -0.365. The fourth-order valence-corrected chi connectivity index (χ4v) is 2.76. The third-order valence-electron chi connectivity index (χ3n) is 3.88. The summed E-state index contributed by atoms with van der Waals surface area (Å²) in [6, 6.07) is 6.87. The highest BCUT2D eigenvalue weighted by Crippen LogP contribution is 2.54. The highest BCUT2D eigenvalue weighted by molar-refractivity contribution is 6.15. The summed E-state index contributed by atoms with van der Waals surface area (Å²) < 4.78 is 32.4. The third kappa shape index (κ3) is 3.08. The Morgan fingerprint density at radius 2 is 1.04 bits per heavy atom. The number of para-hydroxylation sites is 1. The maximum atomic E-state index is 13.3. The van der Waals surface area contributed by atoms with Gasteiger partial charge in [0.1, 0.15) is 11.3 Å². The first kappa shape index (κ1) is 19.2. The van der Waals surface area contributed by atoms with E-state index < -0.39 is 0 Å². The molecule has 0 spiro atoms. The van der Waals surface area contributed by atoms with Crippen molar-refractivity contribution in [2.75, 3.05) is 42.7 Å². The van der Waals surface area contributed by atoms with Gasteiger partial charge in [-0.2, -0.15) is 0 Å². The van der Waals surface area contributed by atoms with Gasteiger partial charge in [0, 0.05) is 0 Å². The van der Waals surface area contributed by atoms with Crippen LogP contribution in [0.1, 0.15) is 15.9 Å². The van der Waals surface area contributed by atoms with Gasteiger partial charge >= 0.3 is 0 Å². The Bertz CT molecular complexity index is 766. The second-order valence-electron chi connectivity index (χ2n) is 5.07. The van der Waals surface area contributed by atoms with Gasteiger partial charge in [-0.05, 0) is 12.1 Å².